The molecule has 5 heteroatoms. The van der Waals surface area contributed by atoms with Gasteiger partial charge in [0.2, 0.25) is 0 Å². The first-order chi connectivity index (χ1) is 9.76. The Morgan fingerprint density at radius 2 is 1.95 bits per heavy atom. The van der Waals surface area contributed by atoms with Crippen LogP contribution in [0.3, 0.4) is 0 Å². The highest BCUT2D eigenvalue weighted by Crippen LogP contribution is 2.32. The molecule has 2 atom stereocenters. The molecule has 1 saturated heterocycles. The second-order valence-corrected chi connectivity index (χ2v) is 7.44. The summed E-state index contributed by atoms with van der Waals surface area (Å²) in [5.41, 5.74) is 6.71. The summed E-state index contributed by atoms with van der Waals surface area (Å²) in [6, 6.07) is 8.15. The first-order valence-electron chi connectivity index (χ1n) is 7.27. The zero-order valence-corrected chi connectivity index (χ0v) is 14.4. The molecule has 0 aliphatic carbocycles. The molecule has 0 saturated carbocycles. The van der Waals surface area contributed by atoms with Gasteiger partial charge in [0.15, 0.2) is 0 Å². The Morgan fingerprint density at radius 1 is 1.33 bits per heavy atom. The molecule has 1 heterocycles. The summed E-state index contributed by atoms with van der Waals surface area (Å²) in [6.07, 6.45) is 1.31. The smallest absolute Gasteiger partial charge is 0.410 e. The van der Waals surface area contributed by atoms with Crippen LogP contribution in [0.1, 0.15) is 45.2 Å². The van der Waals surface area contributed by atoms with Crippen molar-refractivity contribution in [2.24, 2.45) is 5.73 Å². The summed E-state index contributed by atoms with van der Waals surface area (Å²) in [6.45, 7) is 6.29. The van der Waals surface area contributed by atoms with Gasteiger partial charge in [-0.05, 0) is 51.3 Å². The molecule has 1 aromatic rings. The largest absolute Gasteiger partial charge is 0.444 e. The third kappa shape index (κ3) is 4.45. The molecule has 1 aromatic carbocycles. The van der Waals surface area contributed by atoms with E-state index in [0.29, 0.717) is 6.54 Å². The van der Waals surface area contributed by atoms with Crippen LogP contribution in [0.5, 0.6) is 0 Å². The molecular formula is C16H23BrN2O2. The highest BCUT2D eigenvalue weighted by molar-refractivity contribution is 9.10. The van der Waals surface area contributed by atoms with Crippen LogP contribution >= 0.6 is 15.9 Å². The minimum absolute atomic E-state index is 0.0169. The molecule has 0 aromatic heterocycles. The van der Waals surface area contributed by atoms with Gasteiger partial charge in [-0.1, -0.05) is 28.1 Å². The fraction of sp³-hybridized carbons (Fsp3) is 0.562. The molecule has 4 nitrogen and oxygen atoms in total. The zero-order chi connectivity index (χ0) is 15.6. The summed E-state index contributed by atoms with van der Waals surface area (Å²) in [7, 11) is 0. The topological polar surface area (TPSA) is 55.6 Å². The van der Waals surface area contributed by atoms with Gasteiger partial charge in [-0.15, -0.1) is 0 Å². The van der Waals surface area contributed by atoms with Crippen LogP contribution in [-0.4, -0.2) is 29.2 Å². The molecule has 2 N–H and O–H groups in total. The normalized spacial score (nSPS) is 23.0. The number of ether oxygens (including phenoxy) is 1. The van der Waals surface area contributed by atoms with Crippen LogP contribution in [0.25, 0.3) is 0 Å². The van der Waals surface area contributed by atoms with E-state index in [1.54, 1.807) is 4.90 Å². The first kappa shape index (κ1) is 16.3. The standard InChI is InChI=1S/C16H23BrN2O2/c1-16(2,3)21-15(20)19-9-8-13(18)10-14(19)11-4-6-12(17)7-5-11/h4-7,13-14H,8-10,18H2,1-3H3. The highest BCUT2D eigenvalue weighted by atomic mass is 79.9. The van der Waals surface area contributed by atoms with E-state index in [4.69, 9.17) is 10.5 Å². The van der Waals surface area contributed by atoms with Crippen molar-refractivity contribution in [1.29, 1.82) is 0 Å². The van der Waals surface area contributed by atoms with Crippen molar-refractivity contribution in [2.45, 2.75) is 51.3 Å². The Morgan fingerprint density at radius 3 is 2.52 bits per heavy atom. The van der Waals surface area contributed by atoms with Crippen molar-refractivity contribution in [3.63, 3.8) is 0 Å². The number of nitrogens with zero attached hydrogens (tertiary/aromatic N) is 1. The van der Waals surface area contributed by atoms with E-state index in [1.807, 2.05) is 45.0 Å². The van der Waals surface area contributed by atoms with Crippen molar-refractivity contribution in [3.8, 4) is 0 Å². The molecule has 1 fully saturated rings. The average molecular weight is 355 g/mol. The van der Waals surface area contributed by atoms with E-state index in [-0.39, 0.29) is 18.2 Å². The molecule has 116 valence electrons. The lowest BCUT2D eigenvalue weighted by molar-refractivity contribution is 0.00797. The molecule has 0 spiro atoms. The predicted molar refractivity (Wildman–Crippen MR) is 87.0 cm³/mol. The Bertz CT molecular complexity index is 496. The number of nitrogens with two attached hydrogens (primary N) is 1. The van der Waals surface area contributed by atoms with E-state index in [9.17, 15) is 4.79 Å². The van der Waals surface area contributed by atoms with Crippen LogP contribution in [0.15, 0.2) is 28.7 Å². The number of hydrogen-bond acceptors (Lipinski definition) is 3. The van der Waals surface area contributed by atoms with E-state index in [0.717, 1.165) is 22.9 Å². The molecule has 1 amide bonds. The monoisotopic (exact) mass is 354 g/mol. The number of rotatable bonds is 1. The number of benzene rings is 1. The number of carbonyl (C=O) groups excluding carboxylic acids is 1. The van der Waals surface area contributed by atoms with Gasteiger partial charge in [-0.3, -0.25) is 0 Å². The summed E-state index contributed by atoms with van der Waals surface area (Å²) in [5, 5.41) is 0. The maximum Gasteiger partial charge on any atom is 0.410 e. The molecule has 0 radical (unpaired) electrons. The van der Waals surface area contributed by atoms with E-state index in [1.165, 1.54) is 0 Å². The van der Waals surface area contributed by atoms with Gasteiger partial charge in [-0.2, -0.15) is 0 Å². The van der Waals surface area contributed by atoms with Crippen LogP contribution in [-0.2, 0) is 4.74 Å². The molecule has 1 aliphatic heterocycles. The van der Waals surface area contributed by atoms with Crippen molar-refractivity contribution in [3.05, 3.63) is 34.3 Å². The fourth-order valence-corrected chi connectivity index (χ4v) is 2.80. The summed E-state index contributed by atoms with van der Waals surface area (Å²) in [5.74, 6) is 0. The minimum atomic E-state index is -0.485. The van der Waals surface area contributed by atoms with E-state index in [2.05, 4.69) is 15.9 Å². The Kier molecular flexibility index (Phi) is 4.94. The molecule has 2 unspecified atom stereocenters. The van der Waals surface area contributed by atoms with Gasteiger partial charge in [0.05, 0.1) is 6.04 Å². The number of carbonyl (C=O) groups is 1. The minimum Gasteiger partial charge on any atom is -0.444 e. The van der Waals surface area contributed by atoms with Gasteiger partial charge in [0.1, 0.15) is 5.60 Å². The average Bonchev–Trinajstić information content (AvgIpc) is 2.37. The predicted octanol–water partition coefficient (Wildman–Crippen LogP) is 3.85. The molecule has 0 bridgehead atoms. The highest BCUT2D eigenvalue weighted by Gasteiger charge is 2.33. The number of amides is 1. The maximum atomic E-state index is 12.4. The second-order valence-electron chi connectivity index (χ2n) is 6.53. The Balaban J connectivity index is 2.21. The van der Waals surface area contributed by atoms with Crippen molar-refractivity contribution in [1.82, 2.24) is 4.90 Å². The third-order valence-corrected chi connectivity index (χ3v) is 4.05. The summed E-state index contributed by atoms with van der Waals surface area (Å²) in [4.78, 5) is 14.2. The lowest BCUT2D eigenvalue weighted by atomic mass is 9.92. The van der Waals surface area contributed by atoms with E-state index >= 15 is 0 Å². The lowest BCUT2D eigenvalue weighted by Crippen LogP contribution is -2.46. The number of halogens is 1. The van der Waals surface area contributed by atoms with Gasteiger partial charge in [0.25, 0.3) is 0 Å². The SMILES string of the molecule is CC(C)(C)OC(=O)N1CCC(N)CC1c1ccc(Br)cc1. The van der Waals surface area contributed by atoms with Crippen LogP contribution in [0, 0.1) is 0 Å². The van der Waals surface area contributed by atoms with Crippen LogP contribution < -0.4 is 5.73 Å². The Labute approximate surface area is 134 Å². The molecule has 21 heavy (non-hydrogen) atoms. The summed E-state index contributed by atoms with van der Waals surface area (Å²) < 4.78 is 6.55. The first-order valence-corrected chi connectivity index (χ1v) is 8.06. The second kappa shape index (κ2) is 6.36. The fourth-order valence-electron chi connectivity index (χ4n) is 2.53. The van der Waals surface area contributed by atoms with Crippen molar-refractivity contribution < 1.29 is 9.53 Å². The van der Waals surface area contributed by atoms with Crippen LogP contribution in [0.2, 0.25) is 0 Å². The van der Waals surface area contributed by atoms with Gasteiger partial charge >= 0.3 is 6.09 Å². The number of piperidine rings is 1. The zero-order valence-electron chi connectivity index (χ0n) is 12.8. The Hall–Kier alpha value is -1.07. The van der Waals surface area contributed by atoms with Gasteiger partial charge in [0, 0.05) is 17.1 Å². The maximum absolute atomic E-state index is 12.4. The molecular weight excluding hydrogens is 332 g/mol. The van der Waals surface area contributed by atoms with Crippen molar-refractivity contribution in [2.75, 3.05) is 6.54 Å². The van der Waals surface area contributed by atoms with Crippen LogP contribution in [0.4, 0.5) is 4.79 Å². The van der Waals surface area contributed by atoms with Crippen molar-refractivity contribution >= 4 is 22.0 Å². The third-order valence-electron chi connectivity index (χ3n) is 3.53. The number of hydrogen-bond donors (Lipinski definition) is 1. The molecule has 1 aliphatic rings. The van der Waals surface area contributed by atoms with E-state index < -0.39 is 5.60 Å². The summed E-state index contributed by atoms with van der Waals surface area (Å²) >= 11 is 3.44. The number of likely N-dealkylation sites (tertiary alicyclic amines) is 1. The quantitative estimate of drug-likeness (QED) is 0.833. The van der Waals surface area contributed by atoms with Gasteiger partial charge < -0.3 is 15.4 Å². The lowest BCUT2D eigenvalue weighted by Gasteiger charge is -2.39. The molecule has 2 rings (SSSR count). The van der Waals surface area contributed by atoms with Gasteiger partial charge in [-0.25, -0.2) is 4.79 Å².